The number of ether oxygens (including phenoxy) is 2. The summed E-state index contributed by atoms with van der Waals surface area (Å²) >= 11 is 0. The minimum atomic E-state index is -1.55. The van der Waals surface area contributed by atoms with Crippen LogP contribution in [0.4, 0.5) is 0 Å². The van der Waals surface area contributed by atoms with Crippen LogP contribution in [0.1, 0.15) is 113 Å². The van der Waals surface area contributed by atoms with E-state index in [2.05, 4.69) is 41.5 Å². The summed E-state index contributed by atoms with van der Waals surface area (Å²) < 4.78 is 12.1. The van der Waals surface area contributed by atoms with Crippen molar-refractivity contribution in [1.82, 2.24) is 0 Å². The van der Waals surface area contributed by atoms with E-state index in [-0.39, 0.29) is 63.1 Å². The molecule has 0 bridgehead atoms. The summed E-state index contributed by atoms with van der Waals surface area (Å²) in [5.41, 5.74) is -0.675. The molecule has 1 saturated heterocycles. The van der Waals surface area contributed by atoms with Gasteiger partial charge in [-0.2, -0.15) is 0 Å². The van der Waals surface area contributed by atoms with Gasteiger partial charge in [-0.25, -0.2) is 4.79 Å². The Bertz CT molecular complexity index is 1310. The molecular formula is C36H54O9. The maximum atomic E-state index is 14.6. The van der Waals surface area contributed by atoms with Crippen LogP contribution in [0.15, 0.2) is 11.6 Å². The number of aliphatic carboxylic acids is 2. The highest BCUT2D eigenvalue weighted by atomic mass is 16.7. The minimum absolute atomic E-state index is 0.00668. The zero-order valence-electron chi connectivity index (χ0n) is 28.1. The monoisotopic (exact) mass is 630 g/mol. The number of allylic oxidation sites excluding steroid dienone is 2. The summed E-state index contributed by atoms with van der Waals surface area (Å²) in [5.74, 6) is -1.80. The number of aliphatic hydroxyl groups is 2. The van der Waals surface area contributed by atoms with Crippen LogP contribution in [0.2, 0.25) is 0 Å². The Labute approximate surface area is 267 Å². The average Bonchev–Trinajstić information content (AvgIpc) is 2.94. The molecule has 6 rings (SSSR count). The van der Waals surface area contributed by atoms with E-state index in [4.69, 9.17) is 9.47 Å². The summed E-state index contributed by atoms with van der Waals surface area (Å²) in [7, 11) is 0. The van der Waals surface area contributed by atoms with Gasteiger partial charge in [0.25, 0.3) is 0 Å². The third-order valence-corrected chi connectivity index (χ3v) is 15.0. The molecule has 0 amide bonds. The predicted octanol–water partition coefficient (Wildman–Crippen LogP) is 5.36. The summed E-state index contributed by atoms with van der Waals surface area (Å²) in [6, 6.07) is 0. The second-order valence-electron chi connectivity index (χ2n) is 17.7. The van der Waals surface area contributed by atoms with Crippen LogP contribution in [0.25, 0.3) is 0 Å². The van der Waals surface area contributed by atoms with Gasteiger partial charge in [-0.05, 0) is 110 Å². The fourth-order valence-corrected chi connectivity index (χ4v) is 11.9. The van der Waals surface area contributed by atoms with Crippen molar-refractivity contribution in [3.8, 4) is 0 Å². The molecule has 9 heteroatoms. The Morgan fingerprint density at radius 3 is 2.22 bits per heavy atom. The molecule has 4 saturated carbocycles. The second kappa shape index (κ2) is 10.3. The fourth-order valence-electron chi connectivity index (χ4n) is 11.9. The first kappa shape index (κ1) is 33.1. The van der Waals surface area contributed by atoms with E-state index in [1.807, 2.05) is 13.0 Å². The Hall–Kier alpha value is -1.81. The molecule has 5 fully saturated rings. The van der Waals surface area contributed by atoms with Gasteiger partial charge in [0.05, 0.1) is 17.6 Å². The van der Waals surface area contributed by atoms with Crippen LogP contribution in [0.3, 0.4) is 0 Å². The van der Waals surface area contributed by atoms with Crippen molar-refractivity contribution >= 4 is 17.7 Å². The predicted molar refractivity (Wildman–Crippen MR) is 165 cm³/mol. The Kier molecular flexibility index (Phi) is 7.61. The van der Waals surface area contributed by atoms with Gasteiger partial charge in [0, 0.05) is 12.3 Å². The van der Waals surface area contributed by atoms with E-state index < -0.39 is 42.0 Å². The average molecular weight is 631 g/mol. The van der Waals surface area contributed by atoms with Crippen molar-refractivity contribution in [2.24, 2.45) is 50.2 Å². The first-order valence-corrected chi connectivity index (χ1v) is 17.1. The van der Waals surface area contributed by atoms with Crippen molar-refractivity contribution < 1.29 is 44.3 Å². The molecule has 0 radical (unpaired) electrons. The van der Waals surface area contributed by atoms with Gasteiger partial charge in [-0.1, -0.05) is 47.1 Å². The Balaban J connectivity index is 1.30. The van der Waals surface area contributed by atoms with E-state index in [0.29, 0.717) is 19.3 Å². The summed E-state index contributed by atoms with van der Waals surface area (Å²) in [4.78, 5) is 38.6. The van der Waals surface area contributed by atoms with E-state index in [1.165, 1.54) is 5.57 Å². The van der Waals surface area contributed by atoms with E-state index in [9.17, 15) is 34.8 Å². The van der Waals surface area contributed by atoms with Gasteiger partial charge in [-0.3, -0.25) is 9.59 Å². The number of carboxylic acid groups (broad SMARTS) is 2. The zero-order valence-corrected chi connectivity index (χ0v) is 28.1. The first-order valence-electron chi connectivity index (χ1n) is 17.1. The second-order valence-corrected chi connectivity index (χ2v) is 17.7. The lowest BCUT2D eigenvalue weighted by Crippen LogP contribution is -2.67. The molecule has 6 aliphatic rings. The van der Waals surface area contributed by atoms with Gasteiger partial charge in [0.15, 0.2) is 18.2 Å². The molecule has 45 heavy (non-hydrogen) atoms. The molecule has 4 N–H and O–H groups in total. The minimum Gasteiger partial charge on any atom is -0.481 e. The molecule has 0 spiro atoms. The normalized spacial score (nSPS) is 52.4. The molecule has 252 valence electrons. The molecule has 9 nitrogen and oxygen atoms in total. The highest BCUT2D eigenvalue weighted by molar-refractivity contribution is 5.95. The quantitative estimate of drug-likeness (QED) is 0.301. The topological polar surface area (TPSA) is 151 Å². The highest BCUT2D eigenvalue weighted by Crippen LogP contribution is 2.75. The van der Waals surface area contributed by atoms with Crippen molar-refractivity contribution in [3.63, 3.8) is 0 Å². The molecule has 13 atom stereocenters. The van der Waals surface area contributed by atoms with Crippen LogP contribution in [0.5, 0.6) is 0 Å². The first-order chi connectivity index (χ1) is 20.7. The number of carbonyl (C=O) groups is 3. The molecule has 0 aromatic carbocycles. The third-order valence-electron chi connectivity index (χ3n) is 15.0. The van der Waals surface area contributed by atoms with Gasteiger partial charge in [0.2, 0.25) is 0 Å². The van der Waals surface area contributed by atoms with Crippen molar-refractivity contribution in [3.05, 3.63) is 11.6 Å². The number of fused-ring (bicyclic) bond motifs is 7. The van der Waals surface area contributed by atoms with Crippen LogP contribution in [-0.4, -0.2) is 68.9 Å². The van der Waals surface area contributed by atoms with E-state index in [1.54, 1.807) is 0 Å². The molecule has 1 aliphatic heterocycles. The number of carboxylic acids is 2. The van der Waals surface area contributed by atoms with Gasteiger partial charge in [-0.15, -0.1) is 0 Å². The van der Waals surface area contributed by atoms with E-state index >= 15 is 0 Å². The summed E-state index contributed by atoms with van der Waals surface area (Å²) in [6.45, 7) is 15.6. The van der Waals surface area contributed by atoms with Crippen molar-refractivity contribution in [2.45, 2.75) is 143 Å². The van der Waals surface area contributed by atoms with Gasteiger partial charge in [0.1, 0.15) is 6.10 Å². The number of carbonyl (C=O) groups excluding carboxylic acids is 1. The maximum absolute atomic E-state index is 14.6. The largest absolute Gasteiger partial charge is 0.481 e. The van der Waals surface area contributed by atoms with E-state index in [0.717, 1.165) is 38.5 Å². The smallest absolute Gasteiger partial charge is 0.335 e. The molecular weight excluding hydrogens is 576 g/mol. The number of aliphatic hydroxyl groups excluding tert-OH is 2. The molecule has 5 aliphatic carbocycles. The Morgan fingerprint density at radius 2 is 1.58 bits per heavy atom. The zero-order chi connectivity index (χ0) is 33.1. The lowest BCUT2D eigenvalue weighted by atomic mass is 9.33. The summed E-state index contributed by atoms with van der Waals surface area (Å²) in [6.07, 6.45) is 3.84. The number of hydrogen-bond acceptors (Lipinski definition) is 7. The molecule has 0 aromatic heterocycles. The lowest BCUT2D eigenvalue weighted by Gasteiger charge is -2.70. The third kappa shape index (κ3) is 4.56. The van der Waals surface area contributed by atoms with Crippen LogP contribution < -0.4 is 0 Å². The fraction of sp³-hybridized carbons (Fsp3) is 0.861. The summed E-state index contributed by atoms with van der Waals surface area (Å²) in [5, 5.41) is 40.2. The van der Waals surface area contributed by atoms with Crippen molar-refractivity contribution in [1.29, 1.82) is 0 Å². The maximum Gasteiger partial charge on any atom is 0.335 e. The number of rotatable bonds is 4. The van der Waals surface area contributed by atoms with Gasteiger partial charge < -0.3 is 29.9 Å². The standard InChI is InChI=1S/C36H54O9/c1-31(2)23-8-11-36(7)28(34(23,5)10-9-24(31)44-25-17-21(37)26(39)27(45-25)29(40)41)22(38)16-19-20-18-33(4,30(42)43)13-12-32(20,3)14-15-35(19,36)6/h16,20-21,23-28,37,39H,8-15,17-18H2,1-7H3,(H,40,41)(H,42,43). The molecule has 1 heterocycles. The van der Waals surface area contributed by atoms with Crippen LogP contribution in [-0.2, 0) is 23.9 Å². The highest BCUT2D eigenvalue weighted by Gasteiger charge is 2.70. The molecule has 13 unspecified atom stereocenters. The Morgan fingerprint density at radius 1 is 0.911 bits per heavy atom. The lowest BCUT2D eigenvalue weighted by molar-refractivity contribution is -0.290. The van der Waals surface area contributed by atoms with Gasteiger partial charge >= 0.3 is 11.9 Å². The van der Waals surface area contributed by atoms with Crippen LogP contribution >= 0.6 is 0 Å². The van der Waals surface area contributed by atoms with Crippen molar-refractivity contribution in [2.75, 3.05) is 0 Å². The van der Waals surface area contributed by atoms with Crippen LogP contribution in [0, 0.1) is 50.2 Å². The number of ketones is 1. The number of hydrogen-bond donors (Lipinski definition) is 4. The molecule has 0 aromatic rings. The SMILES string of the molecule is CC1(C(=O)O)CCC2(C)CCC3(C)C(=CC(=O)C4C5(C)CCC(OC6CC(O)C(O)C(C(=O)O)O6)C(C)(C)C5CCC43C)C2C1.